The molecule has 0 heterocycles. The highest BCUT2D eigenvalue weighted by Crippen LogP contribution is 2.21. The first-order chi connectivity index (χ1) is 7.20. The molecule has 1 aromatic rings. The molecule has 0 fully saturated rings. The molecule has 1 aromatic carbocycles. The van der Waals surface area contributed by atoms with E-state index in [4.69, 9.17) is 4.84 Å². The van der Waals surface area contributed by atoms with Gasteiger partial charge in [-0.1, -0.05) is 36.4 Å². The summed E-state index contributed by atoms with van der Waals surface area (Å²) in [5.41, 5.74) is 0.976. The summed E-state index contributed by atoms with van der Waals surface area (Å²) in [5.74, 6) is -0.147. The fourth-order valence-electron chi connectivity index (χ4n) is 1.46. The summed E-state index contributed by atoms with van der Waals surface area (Å²) in [6.45, 7) is 5.18. The van der Waals surface area contributed by atoms with Gasteiger partial charge in [-0.2, -0.15) is 0 Å². The van der Waals surface area contributed by atoms with Gasteiger partial charge in [0, 0.05) is 6.92 Å². The van der Waals surface area contributed by atoms with E-state index in [1.54, 1.807) is 6.08 Å². The van der Waals surface area contributed by atoms with E-state index in [1.807, 2.05) is 30.3 Å². The maximum absolute atomic E-state index is 11.3. The molecule has 0 saturated carbocycles. The maximum atomic E-state index is 11.3. The zero-order valence-electron chi connectivity index (χ0n) is 9.01. The zero-order valence-corrected chi connectivity index (χ0v) is 9.01. The average Bonchev–Trinajstić information content (AvgIpc) is 2.26. The number of carbonyl (C=O) groups is 1. The Morgan fingerprint density at radius 1 is 1.47 bits per heavy atom. The number of hydrogen-bond acceptors (Lipinski definition) is 2. The molecule has 1 atom stereocenters. The van der Waals surface area contributed by atoms with Crippen LogP contribution in [0.2, 0.25) is 0 Å². The largest absolute Gasteiger partial charge is 0.273 e. The number of hydrogen-bond donors (Lipinski definition) is 0. The van der Waals surface area contributed by atoms with Crippen LogP contribution in [0, 0.1) is 0 Å². The van der Waals surface area contributed by atoms with E-state index in [0.717, 1.165) is 5.56 Å². The topological polar surface area (TPSA) is 29.5 Å². The first-order valence-corrected chi connectivity index (χ1v) is 4.72. The summed E-state index contributed by atoms with van der Waals surface area (Å²) in [4.78, 5) is 16.3. The molecule has 0 aromatic heterocycles. The SMILES string of the molecule is C=C[C@H](c1ccccc1)N(OC)C(C)=O. The molecule has 0 unspecified atom stereocenters. The quantitative estimate of drug-likeness (QED) is 0.557. The molecule has 0 saturated heterocycles. The Balaban J connectivity index is 2.97. The molecule has 3 heteroatoms. The number of rotatable bonds is 4. The van der Waals surface area contributed by atoms with Gasteiger partial charge in [0.1, 0.15) is 6.04 Å². The van der Waals surface area contributed by atoms with Crippen LogP contribution in [0.3, 0.4) is 0 Å². The molecule has 3 nitrogen and oxygen atoms in total. The van der Waals surface area contributed by atoms with Crippen LogP contribution in [0.25, 0.3) is 0 Å². The van der Waals surface area contributed by atoms with Gasteiger partial charge in [-0.05, 0) is 5.56 Å². The van der Waals surface area contributed by atoms with Gasteiger partial charge in [0.05, 0.1) is 7.11 Å². The van der Waals surface area contributed by atoms with Gasteiger partial charge in [-0.15, -0.1) is 6.58 Å². The van der Waals surface area contributed by atoms with Crippen molar-refractivity contribution >= 4 is 5.91 Å². The number of carbonyl (C=O) groups excluding carboxylic acids is 1. The van der Waals surface area contributed by atoms with Gasteiger partial charge < -0.3 is 0 Å². The Labute approximate surface area is 89.9 Å². The average molecular weight is 205 g/mol. The van der Waals surface area contributed by atoms with E-state index >= 15 is 0 Å². The predicted molar refractivity (Wildman–Crippen MR) is 58.9 cm³/mol. The molecule has 0 aliphatic rings. The van der Waals surface area contributed by atoms with Crippen LogP contribution in [0.1, 0.15) is 18.5 Å². The first kappa shape index (κ1) is 11.5. The third kappa shape index (κ3) is 2.67. The lowest BCUT2D eigenvalue weighted by atomic mass is 10.1. The molecule has 0 spiro atoms. The molecular weight excluding hydrogens is 190 g/mol. The van der Waals surface area contributed by atoms with Gasteiger partial charge >= 0.3 is 0 Å². The molecule has 0 radical (unpaired) electrons. The van der Waals surface area contributed by atoms with E-state index in [-0.39, 0.29) is 11.9 Å². The molecule has 0 aliphatic heterocycles. The van der Waals surface area contributed by atoms with Crippen LogP contribution in [0.4, 0.5) is 0 Å². The normalized spacial score (nSPS) is 11.9. The van der Waals surface area contributed by atoms with Gasteiger partial charge in [0.2, 0.25) is 5.91 Å². The van der Waals surface area contributed by atoms with E-state index in [9.17, 15) is 4.79 Å². The predicted octanol–water partition coefficient (Wildman–Crippen LogP) is 2.32. The van der Waals surface area contributed by atoms with Crippen LogP contribution in [0.5, 0.6) is 0 Å². The van der Waals surface area contributed by atoms with Gasteiger partial charge in [-0.3, -0.25) is 9.63 Å². The third-order valence-electron chi connectivity index (χ3n) is 2.12. The van der Waals surface area contributed by atoms with E-state index in [1.165, 1.54) is 19.1 Å². The monoisotopic (exact) mass is 205 g/mol. The number of hydroxylamine groups is 2. The second-order valence-corrected chi connectivity index (χ2v) is 3.12. The van der Waals surface area contributed by atoms with Crippen molar-refractivity contribution < 1.29 is 9.63 Å². The highest BCUT2D eigenvalue weighted by atomic mass is 16.7. The number of nitrogens with zero attached hydrogens (tertiary/aromatic N) is 1. The van der Waals surface area contributed by atoms with Crippen LogP contribution >= 0.6 is 0 Å². The van der Waals surface area contributed by atoms with Crippen LogP contribution in [-0.4, -0.2) is 18.1 Å². The highest BCUT2D eigenvalue weighted by molar-refractivity contribution is 5.72. The van der Waals surface area contributed by atoms with Crippen molar-refractivity contribution in [1.82, 2.24) is 5.06 Å². The molecule has 0 aliphatic carbocycles. The third-order valence-corrected chi connectivity index (χ3v) is 2.12. The Morgan fingerprint density at radius 3 is 2.47 bits per heavy atom. The Kier molecular flexibility index (Phi) is 4.06. The van der Waals surface area contributed by atoms with Crippen molar-refractivity contribution in [3.63, 3.8) is 0 Å². The smallest absolute Gasteiger partial charge is 0.243 e. The van der Waals surface area contributed by atoms with Crippen molar-refractivity contribution in [3.05, 3.63) is 48.6 Å². The number of amides is 1. The number of benzene rings is 1. The lowest BCUT2D eigenvalue weighted by molar-refractivity contribution is -0.182. The Hall–Kier alpha value is -1.61. The minimum absolute atomic E-state index is 0.147. The highest BCUT2D eigenvalue weighted by Gasteiger charge is 2.19. The summed E-state index contributed by atoms with van der Waals surface area (Å²) >= 11 is 0. The lowest BCUT2D eigenvalue weighted by Gasteiger charge is -2.26. The first-order valence-electron chi connectivity index (χ1n) is 4.72. The van der Waals surface area contributed by atoms with Crippen LogP contribution < -0.4 is 0 Å². The standard InChI is InChI=1S/C12H15NO2/c1-4-12(13(15-3)10(2)14)11-8-6-5-7-9-11/h4-9,12H,1H2,2-3H3/t12-/m1/s1. The van der Waals surface area contributed by atoms with E-state index in [0.29, 0.717) is 0 Å². The summed E-state index contributed by atoms with van der Waals surface area (Å²) < 4.78 is 0. The van der Waals surface area contributed by atoms with E-state index in [2.05, 4.69) is 6.58 Å². The minimum Gasteiger partial charge on any atom is -0.273 e. The molecule has 0 N–H and O–H groups in total. The summed E-state index contributed by atoms with van der Waals surface area (Å²) in [5, 5.41) is 1.29. The molecule has 15 heavy (non-hydrogen) atoms. The fourth-order valence-corrected chi connectivity index (χ4v) is 1.46. The van der Waals surface area contributed by atoms with Crippen molar-refractivity contribution in [2.45, 2.75) is 13.0 Å². The Morgan fingerprint density at radius 2 is 2.07 bits per heavy atom. The molecule has 80 valence electrons. The van der Waals surface area contributed by atoms with Crippen molar-refractivity contribution in [1.29, 1.82) is 0 Å². The molecule has 0 bridgehead atoms. The van der Waals surface area contributed by atoms with Crippen molar-refractivity contribution in [3.8, 4) is 0 Å². The van der Waals surface area contributed by atoms with Gasteiger partial charge in [-0.25, -0.2) is 5.06 Å². The van der Waals surface area contributed by atoms with Crippen LogP contribution in [0.15, 0.2) is 43.0 Å². The molecular formula is C12H15NO2. The van der Waals surface area contributed by atoms with Crippen molar-refractivity contribution in [2.24, 2.45) is 0 Å². The lowest BCUT2D eigenvalue weighted by Crippen LogP contribution is -2.30. The molecule has 1 amide bonds. The summed E-state index contributed by atoms with van der Waals surface area (Å²) in [6.07, 6.45) is 1.68. The van der Waals surface area contributed by atoms with Gasteiger partial charge in [0.25, 0.3) is 0 Å². The summed E-state index contributed by atoms with van der Waals surface area (Å²) in [6, 6.07) is 9.38. The van der Waals surface area contributed by atoms with Gasteiger partial charge in [0.15, 0.2) is 0 Å². The van der Waals surface area contributed by atoms with Crippen molar-refractivity contribution in [2.75, 3.05) is 7.11 Å². The fraction of sp³-hybridized carbons (Fsp3) is 0.250. The molecule has 1 rings (SSSR count). The Bertz CT molecular complexity index is 335. The maximum Gasteiger partial charge on any atom is 0.243 e. The van der Waals surface area contributed by atoms with E-state index < -0.39 is 0 Å². The van der Waals surface area contributed by atoms with Crippen LogP contribution in [-0.2, 0) is 9.63 Å². The second kappa shape index (κ2) is 5.32. The minimum atomic E-state index is -0.242. The summed E-state index contributed by atoms with van der Waals surface area (Å²) in [7, 11) is 1.47. The second-order valence-electron chi connectivity index (χ2n) is 3.12. The zero-order chi connectivity index (χ0) is 11.3.